The van der Waals surface area contributed by atoms with Crippen molar-refractivity contribution in [3.63, 3.8) is 0 Å². The van der Waals surface area contributed by atoms with Gasteiger partial charge in [0.25, 0.3) is 5.56 Å². The standard InChI is InChI=1S/C18H13ClF4N2O3S/c19-11-6-8(2-3-12(11)20)13-10(18(21,22)23)7-9-14(15(13)29-5-1-4-26)24-17(28)25-16(9)27/h2-3,6-7,26H,1,4-5H2,(H2,24,25,27,28). The van der Waals surface area contributed by atoms with Gasteiger partial charge in [-0.05, 0) is 30.2 Å². The maximum Gasteiger partial charge on any atom is 0.417 e. The molecule has 29 heavy (non-hydrogen) atoms. The lowest BCUT2D eigenvalue weighted by Gasteiger charge is -2.19. The molecule has 0 aliphatic heterocycles. The van der Waals surface area contributed by atoms with E-state index in [1.54, 1.807) is 0 Å². The summed E-state index contributed by atoms with van der Waals surface area (Å²) in [5.74, 6) is -0.590. The van der Waals surface area contributed by atoms with Crippen molar-refractivity contribution in [3.05, 3.63) is 61.5 Å². The molecule has 3 rings (SSSR count). The van der Waals surface area contributed by atoms with E-state index in [2.05, 4.69) is 4.98 Å². The van der Waals surface area contributed by atoms with Crippen LogP contribution >= 0.6 is 23.4 Å². The maximum absolute atomic E-state index is 13.9. The van der Waals surface area contributed by atoms with Crippen LogP contribution in [0.2, 0.25) is 5.02 Å². The van der Waals surface area contributed by atoms with E-state index in [1.807, 2.05) is 4.98 Å². The zero-order chi connectivity index (χ0) is 21.3. The van der Waals surface area contributed by atoms with Crippen molar-refractivity contribution >= 4 is 34.3 Å². The van der Waals surface area contributed by atoms with Crippen molar-refractivity contribution in [1.82, 2.24) is 9.97 Å². The van der Waals surface area contributed by atoms with Gasteiger partial charge in [-0.25, -0.2) is 9.18 Å². The molecule has 0 radical (unpaired) electrons. The number of aromatic amines is 2. The summed E-state index contributed by atoms with van der Waals surface area (Å²) in [5.41, 5.74) is -3.42. The molecule has 5 nitrogen and oxygen atoms in total. The summed E-state index contributed by atoms with van der Waals surface area (Å²) >= 11 is 6.70. The summed E-state index contributed by atoms with van der Waals surface area (Å²) in [7, 11) is 0. The molecule has 0 aliphatic rings. The fourth-order valence-electron chi connectivity index (χ4n) is 2.82. The van der Waals surface area contributed by atoms with Gasteiger partial charge in [0.2, 0.25) is 0 Å². The second kappa shape index (κ2) is 8.21. The third-order valence-corrected chi connectivity index (χ3v) is 5.53. The lowest BCUT2D eigenvalue weighted by molar-refractivity contribution is -0.137. The fourth-order valence-corrected chi connectivity index (χ4v) is 4.16. The third-order valence-electron chi connectivity index (χ3n) is 4.05. The summed E-state index contributed by atoms with van der Waals surface area (Å²) in [5, 5.41) is 8.30. The van der Waals surface area contributed by atoms with E-state index in [4.69, 9.17) is 16.7 Å². The summed E-state index contributed by atoms with van der Waals surface area (Å²) in [6.07, 6.45) is -4.58. The van der Waals surface area contributed by atoms with Crippen molar-refractivity contribution < 1.29 is 22.7 Å². The second-order valence-corrected chi connectivity index (χ2v) is 7.52. The topological polar surface area (TPSA) is 85.9 Å². The molecule has 0 fully saturated rings. The first-order valence-electron chi connectivity index (χ1n) is 8.23. The fraction of sp³-hybridized carbons (Fsp3) is 0.222. The van der Waals surface area contributed by atoms with Crippen LogP contribution in [-0.4, -0.2) is 27.4 Å². The van der Waals surface area contributed by atoms with Gasteiger partial charge in [-0.2, -0.15) is 13.2 Å². The second-order valence-electron chi connectivity index (χ2n) is 6.01. The van der Waals surface area contributed by atoms with Gasteiger partial charge >= 0.3 is 11.9 Å². The van der Waals surface area contributed by atoms with E-state index in [1.165, 1.54) is 0 Å². The Hall–Kier alpha value is -2.30. The van der Waals surface area contributed by atoms with Crippen LogP contribution in [0.3, 0.4) is 0 Å². The molecule has 0 amide bonds. The molecule has 2 aromatic carbocycles. The molecular weight excluding hydrogens is 436 g/mol. The predicted octanol–water partition coefficient (Wildman–Crippen LogP) is 4.17. The summed E-state index contributed by atoms with van der Waals surface area (Å²) in [6, 6.07) is 3.77. The Labute approximate surface area is 169 Å². The number of H-pyrrole nitrogens is 2. The van der Waals surface area contributed by atoms with Crippen LogP contribution in [0.5, 0.6) is 0 Å². The number of fused-ring (bicyclic) bond motifs is 1. The highest BCUT2D eigenvalue weighted by molar-refractivity contribution is 7.99. The minimum absolute atomic E-state index is 0.0193. The van der Waals surface area contributed by atoms with Gasteiger partial charge < -0.3 is 10.1 Å². The van der Waals surface area contributed by atoms with Crippen LogP contribution in [0.1, 0.15) is 12.0 Å². The van der Waals surface area contributed by atoms with Crippen molar-refractivity contribution in [1.29, 1.82) is 0 Å². The number of aliphatic hydroxyl groups excluding tert-OH is 1. The Morgan fingerprint density at radius 2 is 1.86 bits per heavy atom. The van der Waals surface area contributed by atoms with Crippen LogP contribution in [0.25, 0.3) is 22.0 Å². The molecule has 0 aliphatic carbocycles. The Bertz CT molecular complexity index is 1190. The van der Waals surface area contributed by atoms with E-state index in [0.717, 1.165) is 30.0 Å². The van der Waals surface area contributed by atoms with E-state index in [-0.39, 0.29) is 50.7 Å². The Morgan fingerprint density at radius 3 is 2.48 bits per heavy atom. The average molecular weight is 449 g/mol. The van der Waals surface area contributed by atoms with Crippen LogP contribution < -0.4 is 11.2 Å². The normalized spacial score (nSPS) is 11.9. The van der Waals surface area contributed by atoms with Crippen molar-refractivity contribution in [2.75, 3.05) is 12.4 Å². The Morgan fingerprint density at radius 1 is 1.14 bits per heavy atom. The predicted molar refractivity (Wildman–Crippen MR) is 103 cm³/mol. The molecule has 3 N–H and O–H groups in total. The Kier molecular flexibility index (Phi) is 6.06. The van der Waals surface area contributed by atoms with Gasteiger partial charge in [0, 0.05) is 22.8 Å². The van der Waals surface area contributed by atoms with Crippen LogP contribution in [0.4, 0.5) is 17.6 Å². The average Bonchev–Trinajstić information content (AvgIpc) is 2.63. The van der Waals surface area contributed by atoms with E-state index >= 15 is 0 Å². The van der Waals surface area contributed by atoms with Gasteiger partial charge in [-0.3, -0.25) is 9.78 Å². The first-order valence-corrected chi connectivity index (χ1v) is 9.59. The molecule has 154 valence electrons. The summed E-state index contributed by atoms with van der Waals surface area (Å²) in [6.45, 7) is -0.196. The van der Waals surface area contributed by atoms with Gasteiger partial charge in [-0.1, -0.05) is 17.7 Å². The molecule has 3 aromatic rings. The summed E-state index contributed by atoms with van der Waals surface area (Å²) in [4.78, 5) is 28.2. The lowest BCUT2D eigenvalue weighted by Crippen LogP contribution is -2.23. The van der Waals surface area contributed by atoms with E-state index in [0.29, 0.717) is 6.07 Å². The number of nitrogens with one attached hydrogen (secondary N) is 2. The molecule has 0 spiro atoms. The highest BCUT2D eigenvalue weighted by atomic mass is 35.5. The Balaban J connectivity index is 2.47. The number of halogens is 5. The molecular formula is C18H13ClF4N2O3S. The van der Waals surface area contributed by atoms with Crippen LogP contribution in [-0.2, 0) is 6.18 Å². The molecule has 0 unspecified atom stereocenters. The molecule has 1 aromatic heterocycles. The van der Waals surface area contributed by atoms with E-state index in [9.17, 15) is 27.2 Å². The minimum atomic E-state index is -4.85. The number of hydrogen-bond donors (Lipinski definition) is 3. The lowest BCUT2D eigenvalue weighted by atomic mass is 9.97. The zero-order valence-corrected chi connectivity index (χ0v) is 16.1. The number of rotatable bonds is 5. The first kappa shape index (κ1) is 21.4. The third kappa shape index (κ3) is 4.34. The van der Waals surface area contributed by atoms with Crippen LogP contribution in [0.15, 0.2) is 38.8 Å². The molecule has 0 bridgehead atoms. The smallest absolute Gasteiger partial charge is 0.396 e. The first-order chi connectivity index (χ1) is 13.6. The SMILES string of the molecule is O=c1[nH]c(=O)c2cc(C(F)(F)F)c(-c3ccc(F)c(Cl)c3)c(SCCCO)c2[nH]1. The number of thioether (sulfide) groups is 1. The zero-order valence-electron chi connectivity index (χ0n) is 14.5. The largest absolute Gasteiger partial charge is 0.417 e. The maximum atomic E-state index is 13.9. The highest BCUT2D eigenvalue weighted by Crippen LogP contribution is 2.45. The number of aromatic nitrogens is 2. The van der Waals surface area contributed by atoms with Gasteiger partial charge in [-0.15, -0.1) is 11.8 Å². The highest BCUT2D eigenvalue weighted by Gasteiger charge is 2.36. The monoisotopic (exact) mass is 448 g/mol. The minimum Gasteiger partial charge on any atom is -0.396 e. The van der Waals surface area contributed by atoms with Crippen molar-refractivity contribution in [2.45, 2.75) is 17.5 Å². The molecule has 1 heterocycles. The number of aliphatic hydroxyl groups is 1. The van der Waals surface area contributed by atoms with Gasteiger partial charge in [0.15, 0.2) is 0 Å². The van der Waals surface area contributed by atoms with Crippen molar-refractivity contribution in [2.24, 2.45) is 0 Å². The number of benzene rings is 2. The quantitative estimate of drug-likeness (QED) is 0.311. The number of hydrogen-bond acceptors (Lipinski definition) is 4. The van der Waals surface area contributed by atoms with Crippen molar-refractivity contribution in [3.8, 4) is 11.1 Å². The molecule has 0 saturated carbocycles. The number of alkyl halides is 3. The van der Waals surface area contributed by atoms with Gasteiger partial charge in [0.1, 0.15) is 5.82 Å². The molecule has 11 heteroatoms. The summed E-state index contributed by atoms with van der Waals surface area (Å²) < 4.78 is 55.2. The molecule has 0 saturated heterocycles. The molecule has 0 atom stereocenters. The van der Waals surface area contributed by atoms with E-state index < -0.39 is 28.8 Å². The van der Waals surface area contributed by atoms with Crippen LogP contribution in [0, 0.1) is 5.82 Å². The van der Waals surface area contributed by atoms with Gasteiger partial charge in [0.05, 0.1) is 21.5 Å².